The maximum atomic E-state index is 4.71. The van der Waals surface area contributed by atoms with Gasteiger partial charge in [0.1, 0.15) is 6.33 Å². The lowest BCUT2D eigenvalue weighted by molar-refractivity contribution is -0.0255. The average Bonchev–Trinajstić information content (AvgIpc) is 3.40. The van der Waals surface area contributed by atoms with E-state index in [1.165, 1.54) is 62.6 Å². The summed E-state index contributed by atoms with van der Waals surface area (Å²) in [5.41, 5.74) is 6.56. The van der Waals surface area contributed by atoms with Crippen molar-refractivity contribution in [2.45, 2.75) is 86.0 Å². The molecule has 0 radical (unpaired) electrons. The predicted octanol–water partition coefficient (Wildman–Crippen LogP) is 8.50. The molecule has 1 heterocycles. The fourth-order valence-corrected chi connectivity index (χ4v) is 8.37. The molecule has 6 atom stereocenters. The Hall–Kier alpha value is -1.83. The van der Waals surface area contributed by atoms with Crippen molar-refractivity contribution in [1.29, 1.82) is 0 Å². The van der Waals surface area contributed by atoms with Crippen LogP contribution in [0.2, 0.25) is 0 Å². The smallest absolute Gasteiger partial charge is 0.100 e. The summed E-state index contributed by atoms with van der Waals surface area (Å²) >= 11 is 0. The first-order valence-electron chi connectivity index (χ1n) is 13.4. The molecule has 0 amide bonds. The Kier molecular flexibility index (Phi) is 5.63. The molecule has 32 heavy (non-hydrogen) atoms. The first kappa shape index (κ1) is 22.0. The van der Waals surface area contributed by atoms with E-state index in [9.17, 15) is 0 Å². The number of allylic oxidation sites excluding steroid dienone is 4. The first-order valence-corrected chi connectivity index (χ1v) is 13.4. The van der Waals surface area contributed by atoms with Crippen molar-refractivity contribution in [2.24, 2.45) is 34.5 Å². The van der Waals surface area contributed by atoms with Gasteiger partial charge in [-0.1, -0.05) is 64.5 Å². The average molecular weight is 431 g/mol. The third-order valence-electron chi connectivity index (χ3n) is 9.96. The zero-order valence-corrected chi connectivity index (χ0v) is 20.9. The predicted molar refractivity (Wildman–Crippen MR) is 136 cm³/mol. The van der Waals surface area contributed by atoms with Crippen LogP contribution in [-0.2, 0) is 0 Å². The van der Waals surface area contributed by atoms with E-state index in [0.29, 0.717) is 5.41 Å². The van der Waals surface area contributed by atoms with E-state index in [1.807, 2.05) is 19.4 Å². The second-order valence-corrected chi connectivity index (χ2v) is 11.1. The number of rotatable bonds is 2. The monoisotopic (exact) mass is 430 g/mol. The molecule has 2 nitrogen and oxygen atoms in total. The summed E-state index contributed by atoms with van der Waals surface area (Å²) in [6.45, 7) is 11.5. The third-order valence-corrected chi connectivity index (χ3v) is 9.96. The summed E-state index contributed by atoms with van der Waals surface area (Å²) < 4.78 is 2.41. The highest BCUT2D eigenvalue weighted by atomic mass is 15.1. The van der Waals surface area contributed by atoms with Crippen molar-refractivity contribution < 1.29 is 0 Å². The van der Waals surface area contributed by atoms with Crippen molar-refractivity contribution in [3.05, 3.63) is 48.3 Å². The first-order chi connectivity index (χ1) is 15.6. The van der Waals surface area contributed by atoms with Gasteiger partial charge in [0.25, 0.3) is 0 Å². The summed E-state index contributed by atoms with van der Waals surface area (Å²) in [5, 5.41) is 0. The highest BCUT2D eigenvalue weighted by Crippen LogP contribution is 2.66. The van der Waals surface area contributed by atoms with Crippen LogP contribution in [0.5, 0.6) is 0 Å². The molecule has 2 saturated carbocycles. The molecular formula is C30H42N2. The number of nitrogens with zero attached hydrogens (tertiary/aromatic N) is 2. The molecule has 0 N–H and O–H groups in total. The molecule has 2 aromatic rings. The molecule has 0 bridgehead atoms. The number of fused-ring (bicyclic) bond motifs is 6. The summed E-state index contributed by atoms with van der Waals surface area (Å²) in [7, 11) is 0. The van der Waals surface area contributed by atoms with Crippen LogP contribution >= 0.6 is 0 Å². The quantitative estimate of drug-likeness (QED) is 0.437. The molecule has 2 fully saturated rings. The highest BCUT2D eigenvalue weighted by molar-refractivity contribution is 5.80. The zero-order chi connectivity index (χ0) is 22.5. The molecule has 172 valence electrons. The standard InChI is InChI=1S/C28H36N2.C2H6/c1-4-28-16-13-19(2)17-20(28)9-10-21-22-11-12-26(27(22,3)15-14-23(21)28)30-18-29-24-7-5-6-8-25(24)30;1-2/h5-9,12,18-19,21-23H,4,10-11,13-17H2,1-3H3;1-2H3/t19-,21?,22?,23?,27-,28-;/m0./s1. The number of aromatic nitrogens is 2. The van der Waals surface area contributed by atoms with Crippen LogP contribution in [-0.4, -0.2) is 9.55 Å². The molecule has 0 saturated heterocycles. The lowest BCUT2D eigenvalue weighted by atomic mass is 9.46. The summed E-state index contributed by atoms with van der Waals surface area (Å²) in [4.78, 5) is 4.71. The Morgan fingerprint density at radius 2 is 1.84 bits per heavy atom. The van der Waals surface area contributed by atoms with Crippen molar-refractivity contribution in [2.75, 3.05) is 0 Å². The highest BCUT2D eigenvalue weighted by Gasteiger charge is 2.57. The van der Waals surface area contributed by atoms with Crippen LogP contribution in [0.1, 0.15) is 86.0 Å². The van der Waals surface area contributed by atoms with Crippen LogP contribution in [0.3, 0.4) is 0 Å². The van der Waals surface area contributed by atoms with E-state index in [0.717, 1.165) is 29.2 Å². The molecule has 4 aliphatic rings. The van der Waals surface area contributed by atoms with Gasteiger partial charge in [0, 0.05) is 11.1 Å². The SMILES string of the molecule is CC.CC[C@]12CC[C@H](C)CC1=CCC1C2CC[C@]2(C)C(n3cnc4ccccc43)=CCC12. The lowest BCUT2D eigenvalue weighted by Crippen LogP contribution is -2.50. The van der Waals surface area contributed by atoms with E-state index >= 15 is 0 Å². The fourth-order valence-electron chi connectivity index (χ4n) is 8.37. The van der Waals surface area contributed by atoms with Crippen LogP contribution in [0.15, 0.2) is 48.3 Å². The number of para-hydroxylation sites is 2. The molecule has 0 spiro atoms. The number of hydrogen-bond donors (Lipinski definition) is 0. The zero-order valence-electron chi connectivity index (χ0n) is 20.9. The Labute approximate surface area is 195 Å². The topological polar surface area (TPSA) is 17.8 Å². The minimum Gasteiger partial charge on any atom is -0.302 e. The molecule has 4 aliphatic carbocycles. The minimum atomic E-state index is 0.285. The lowest BCUT2D eigenvalue weighted by Gasteiger charge is -2.59. The summed E-state index contributed by atoms with van der Waals surface area (Å²) in [6, 6.07) is 8.62. The van der Waals surface area contributed by atoms with Crippen molar-refractivity contribution >= 4 is 16.7 Å². The molecule has 0 aliphatic heterocycles. The largest absolute Gasteiger partial charge is 0.302 e. The van der Waals surface area contributed by atoms with Gasteiger partial charge in [-0.15, -0.1) is 0 Å². The van der Waals surface area contributed by atoms with Gasteiger partial charge in [0.05, 0.1) is 11.0 Å². The third kappa shape index (κ3) is 3.01. The second kappa shape index (κ2) is 8.19. The van der Waals surface area contributed by atoms with Gasteiger partial charge >= 0.3 is 0 Å². The second-order valence-electron chi connectivity index (χ2n) is 11.1. The number of imidazole rings is 1. The van der Waals surface area contributed by atoms with E-state index in [1.54, 1.807) is 0 Å². The Morgan fingerprint density at radius 3 is 2.66 bits per heavy atom. The Morgan fingerprint density at radius 1 is 1.03 bits per heavy atom. The number of hydrogen-bond acceptors (Lipinski definition) is 1. The van der Waals surface area contributed by atoms with Crippen molar-refractivity contribution in [1.82, 2.24) is 9.55 Å². The maximum absolute atomic E-state index is 4.71. The van der Waals surface area contributed by atoms with E-state index in [2.05, 4.69) is 68.1 Å². The molecule has 1 aromatic carbocycles. The Balaban J connectivity index is 0.00000105. The fraction of sp³-hybridized carbons (Fsp3) is 0.633. The van der Waals surface area contributed by atoms with Gasteiger partial charge in [-0.2, -0.15) is 0 Å². The van der Waals surface area contributed by atoms with Gasteiger partial charge in [-0.25, -0.2) is 4.98 Å². The Bertz CT molecular complexity index is 1040. The summed E-state index contributed by atoms with van der Waals surface area (Å²) in [6.07, 6.45) is 18.3. The van der Waals surface area contributed by atoms with Crippen molar-refractivity contribution in [3.8, 4) is 0 Å². The number of benzene rings is 1. The van der Waals surface area contributed by atoms with Gasteiger partial charge in [0.2, 0.25) is 0 Å². The van der Waals surface area contributed by atoms with Gasteiger partial charge in [0.15, 0.2) is 0 Å². The molecule has 1 aromatic heterocycles. The maximum Gasteiger partial charge on any atom is 0.100 e. The van der Waals surface area contributed by atoms with E-state index in [-0.39, 0.29) is 5.41 Å². The summed E-state index contributed by atoms with van der Waals surface area (Å²) in [5.74, 6) is 3.42. The molecular weight excluding hydrogens is 388 g/mol. The molecule has 3 unspecified atom stereocenters. The van der Waals surface area contributed by atoms with Gasteiger partial charge in [-0.3, -0.25) is 0 Å². The van der Waals surface area contributed by atoms with Crippen LogP contribution in [0.25, 0.3) is 16.7 Å². The van der Waals surface area contributed by atoms with Crippen molar-refractivity contribution in [3.63, 3.8) is 0 Å². The molecule has 2 heteroatoms. The van der Waals surface area contributed by atoms with E-state index < -0.39 is 0 Å². The normalized spacial score (nSPS) is 38.0. The van der Waals surface area contributed by atoms with E-state index in [4.69, 9.17) is 4.98 Å². The van der Waals surface area contributed by atoms with Gasteiger partial charge in [-0.05, 0) is 92.6 Å². The minimum absolute atomic E-state index is 0.285. The van der Waals surface area contributed by atoms with Crippen LogP contribution in [0, 0.1) is 34.5 Å². The van der Waals surface area contributed by atoms with Gasteiger partial charge < -0.3 is 4.57 Å². The molecule has 6 rings (SSSR count). The van der Waals surface area contributed by atoms with Crippen LogP contribution in [0.4, 0.5) is 0 Å². The van der Waals surface area contributed by atoms with Crippen LogP contribution < -0.4 is 0 Å².